The summed E-state index contributed by atoms with van der Waals surface area (Å²) in [7, 11) is 0. The molecule has 2 saturated heterocycles. The molecule has 0 saturated carbocycles. The van der Waals surface area contributed by atoms with Crippen molar-refractivity contribution in [2.24, 2.45) is 0 Å². The van der Waals surface area contributed by atoms with Crippen LogP contribution in [-0.4, -0.2) is 40.2 Å². The van der Waals surface area contributed by atoms with Crippen molar-refractivity contribution in [2.45, 2.75) is 56.9 Å². The fourth-order valence-electron chi connectivity index (χ4n) is 3.47. The van der Waals surface area contributed by atoms with Crippen molar-refractivity contribution in [1.29, 1.82) is 0 Å². The molecule has 0 radical (unpaired) electrons. The number of aliphatic hydroxyl groups excluding tert-OH is 1. The standard InChI is InChI=1S/C16H21NO3/c1-11(20-15-5-3-2-4-6-15)16(19)17-12-7-8-13(17)10-14(18)9-12/h2-6,11-14,18H,7-10H2,1H3. The lowest BCUT2D eigenvalue weighted by atomic mass is 9.99. The highest BCUT2D eigenvalue weighted by atomic mass is 16.5. The van der Waals surface area contributed by atoms with E-state index in [9.17, 15) is 9.90 Å². The van der Waals surface area contributed by atoms with Crippen LogP contribution in [0.2, 0.25) is 0 Å². The van der Waals surface area contributed by atoms with Crippen molar-refractivity contribution in [1.82, 2.24) is 4.90 Å². The molecule has 2 aliphatic heterocycles. The predicted octanol–water partition coefficient (Wildman–Crippen LogP) is 1.97. The molecule has 1 amide bonds. The number of para-hydroxylation sites is 1. The number of ether oxygens (including phenoxy) is 1. The number of rotatable bonds is 3. The van der Waals surface area contributed by atoms with E-state index in [0.717, 1.165) is 18.6 Å². The Hall–Kier alpha value is -1.55. The van der Waals surface area contributed by atoms with Crippen LogP contribution < -0.4 is 4.74 Å². The first kappa shape index (κ1) is 13.4. The van der Waals surface area contributed by atoms with E-state index in [1.54, 1.807) is 6.92 Å². The summed E-state index contributed by atoms with van der Waals surface area (Å²) in [5.74, 6) is 0.769. The summed E-state index contributed by atoms with van der Waals surface area (Å²) >= 11 is 0. The van der Waals surface area contributed by atoms with E-state index in [0.29, 0.717) is 12.8 Å². The van der Waals surface area contributed by atoms with Gasteiger partial charge in [-0.3, -0.25) is 4.79 Å². The molecule has 20 heavy (non-hydrogen) atoms. The van der Waals surface area contributed by atoms with Crippen molar-refractivity contribution >= 4 is 5.91 Å². The van der Waals surface area contributed by atoms with E-state index in [-0.39, 0.29) is 24.1 Å². The van der Waals surface area contributed by atoms with Crippen LogP contribution in [0.4, 0.5) is 0 Å². The van der Waals surface area contributed by atoms with Crippen LogP contribution in [0, 0.1) is 0 Å². The monoisotopic (exact) mass is 275 g/mol. The van der Waals surface area contributed by atoms with Gasteiger partial charge in [0.15, 0.2) is 6.10 Å². The number of aliphatic hydroxyl groups is 1. The topological polar surface area (TPSA) is 49.8 Å². The van der Waals surface area contributed by atoms with Gasteiger partial charge in [-0.15, -0.1) is 0 Å². The zero-order chi connectivity index (χ0) is 14.1. The van der Waals surface area contributed by atoms with Crippen LogP contribution in [-0.2, 0) is 4.79 Å². The summed E-state index contributed by atoms with van der Waals surface area (Å²) in [4.78, 5) is 14.5. The van der Waals surface area contributed by atoms with Crippen LogP contribution >= 0.6 is 0 Å². The Morgan fingerprint density at radius 2 is 1.85 bits per heavy atom. The number of benzene rings is 1. The van der Waals surface area contributed by atoms with Crippen LogP contribution in [0.3, 0.4) is 0 Å². The molecule has 1 N–H and O–H groups in total. The molecule has 0 spiro atoms. The SMILES string of the molecule is CC(Oc1ccccc1)C(=O)N1C2CCC1CC(O)C2. The summed E-state index contributed by atoms with van der Waals surface area (Å²) < 4.78 is 5.73. The van der Waals surface area contributed by atoms with E-state index in [1.807, 2.05) is 35.2 Å². The second-order valence-electron chi connectivity index (χ2n) is 5.83. The minimum Gasteiger partial charge on any atom is -0.481 e. The second kappa shape index (κ2) is 5.44. The van der Waals surface area contributed by atoms with Crippen molar-refractivity contribution in [2.75, 3.05) is 0 Å². The fourth-order valence-corrected chi connectivity index (χ4v) is 3.47. The van der Waals surface area contributed by atoms with Crippen molar-refractivity contribution < 1.29 is 14.6 Å². The van der Waals surface area contributed by atoms with E-state index < -0.39 is 6.10 Å². The molecule has 4 nitrogen and oxygen atoms in total. The summed E-state index contributed by atoms with van der Waals surface area (Å²) in [5.41, 5.74) is 0. The lowest BCUT2D eigenvalue weighted by Gasteiger charge is -2.38. The molecule has 1 aromatic carbocycles. The van der Waals surface area contributed by atoms with Gasteiger partial charge in [-0.25, -0.2) is 0 Å². The Morgan fingerprint density at radius 1 is 1.25 bits per heavy atom. The number of amides is 1. The molecule has 3 rings (SSSR count). The highest BCUT2D eigenvalue weighted by Gasteiger charge is 2.44. The second-order valence-corrected chi connectivity index (χ2v) is 5.83. The molecule has 1 aromatic rings. The average molecular weight is 275 g/mol. The maximum absolute atomic E-state index is 12.6. The van der Waals surface area contributed by atoms with Crippen molar-refractivity contribution in [3.05, 3.63) is 30.3 Å². The minimum absolute atomic E-state index is 0.0493. The van der Waals surface area contributed by atoms with Crippen LogP contribution in [0.15, 0.2) is 30.3 Å². The maximum atomic E-state index is 12.6. The Balaban J connectivity index is 1.67. The van der Waals surface area contributed by atoms with Gasteiger partial charge in [-0.2, -0.15) is 0 Å². The lowest BCUT2D eigenvalue weighted by molar-refractivity contribution is -0.144. The van der Waals surface area contributed by atoms with E-state index in [1.165, 1.54) is 0 Å². The minimum atomic E-state index is -0.476. The van der Waals surface area contributed by atoms with Gasteiger partial charge in [0, 0.05) is 12.1 Å². The van der Waals surface area contributed by atoms with Crippen LogP contribution in [0.25, 0.3) is 0 Å². The molecule has 4 heteroatoms. The number of hydrogen-bond donors (Lipinski definition) is 1. The van der Waals surface area contributed by atoms with Crippen molar-refractivity contribution in [3.8, 4) is 5.75 Å². The first-order valence-electron chi connectivity index (χ1n) is 7.37. The van der Waals surface area contributed by atoms with E-state index in [4.69, 9.17) is 4.74 Å². The zero-order valence-electron chi connectivity index (χ0n) is 11.7. The van der Waals surface area contributed by atoms with Crippen molar-refractivity contribution in [3.63, 3.8) is 0 Å². The first-order chi connectivity index (χ1) is 9.65. The van der Waals surface area contributed by atoms with Crippen LogP contribution in [0.1, 0.15) is 32.6 Å². The number of fused-ring (bicyclic) bond motifs is 2. The number of piperidine rings is 1. The maximum Gasteiger partial charge on any atom is 0.263 e. The van der Waals surface area contributed by atoms with Gasteiger partial charge >= 0.3 is 0 Å². The first-order valence-corrected chi connectivity index (χ1v) is 7.37. The zero-order valence-corrected chi connectivity index (χ0v) is 11.7. The Morgan fingerprint density at radius 3 is 2.45 bits per heavy atom. The third kappa shape index (κ3) is 2.52. The molecular formula is C16H21NO3. The van der Waals surface area contributed by atoms with Gasteiger partial charge in [0.1, 0.15) is 5.75 Å². The molecule has 3 atom stereocenters. The Kier molecular flexibility index (Phi) is 3.66. The average Bonchev–Trinajstić information content (AvgIpc) is 2.71. The molecule has 2 heterocycles. The van der Waals surface area contributed by atoms with Crippen LogP contribution in [0.5, 0.6) is 5.75 Å². The van der Waals surface area contributed by atoms with Gasteiger partial charge in [-0.1, -0.05) is 18.2 Å². The molecule has 2 aliphatic rings. The molecule has 0 aromatic heterocycles. The number of carbonyl (C=O) groups excluding carboxylic acids is 1. The fraction of sp³-hybridized carbons (Fsp3) is 0.562. The normalized spacial score (nSPS) is 30.1. The summed E-state index contributed by atoms with van der Waals surface area (Å²) in [6.45, 7) is 1.81. The highest BCUT2D eigenvalue weighted by Crippen LogP contribution is 2.36. The molecule has 3 unspecified atom stereocenters. The summed E-state index contributed by atoms with van der Waals surface area (Å²) in [6.07, 6.45) is 2.70. The van der Waals surface area contributed by atoms with Gasteiger partial charge < -0.3 is 14.7 Å². The van der Waals surface area contributed by atoms with Gasteiger partial charge in [0.05, 0.1) is 6.10 Å². The van der Waals surface area contributed by atoms with E-state index >= 15 is 0 Å². The number of nitrogens with zero attached hydrogens (tertiary/aromatic N) is 1. The molecule has 108 valence electrons. The lowest BCUT2D eigenvalue weighted by Crippen LogP contribution is -2.52. The largest absolute Gasteiger partial charge is 0.481 e. The third-order valence-electron chi connectivity index (χ3n) is 4.37. The van der Waals surface area contributed by atoms with Gasteiger partial charge in [0.2, 0.25) is 0 Å². The highest BCUT2D eigenvalue weighted by molar-refractivity contribution is 5.82. The Bertz CT molecular complexity index is 462. The quantitative estimate of drug-likeness (QED) is 0.917. The smallest absolute Gasteiger partial charge is 0.263 e. The van der Waals surface area contributed by atoms with Gasteiger partial charge in [0.25, 0.3) is 5.91 Å². The molecule has 0 aliphatic carbocycles. The molecule has 2 bridgehead atoms. The Labute approximate surface area is 119 Å². The number of hydrogen-bond acceptors (Lipinski definition) is 3. The van der Waals surface area contributed by atoms with Gasteiger partial charge in [-0.05, 0) is 44.7 Å². The third-order valence-corrected chi connectivity index (χ3v) is 4.37. The summed E-state index contributed by atoms with van der Waals surface area (Å²) in [6, 6.07) is 9.82. The summed E-state index contributed by atoms with van der Waals surface area (Å²) in [5, 5.41) is 9.79. The predicted molar refractivity (Wildman–Crippen MR) is 75.4 cm³/mol. The molecular weight excluding hydrogens is 254 g/mol. The van der Waals surface area contributed by atoms with E-state index in [2.05, 4.69) is 0 Å². The molecule has 2 fully saturated rings. The number of carbonyl (C=O) groups is 1.